The van der Waals surface area contributed by atoms with E-state index in [1.807, 2.05) is 23.7 Å². The van der Waals surface area contributed by atoms with Gasteiger partial charge in [0, 0.05) is 11.1 Å². The van der Waals surface area contributed by atoms with E-state index >= 15 is 0 Å². The fourth-order valence-electron chi connectivity index (χ4n) is 5.11. The van der Waals surface area contributed by atoms with Crippen LogP contribution >= 0.6 is 0 Å². The average Bonchev–Trinajstić information content (AvgIpc) is 3.42. The molecule has 0 spiro atoms. The Labute approximate surface area is 176 Å². The highest BCUT2D eigenvalue weighted by atomic mass is 16.1. The molecule has 0 amide bonds. The highest BCUT2D eigenvalue weighted by Gasteiger charge is 2.34. The third-order valence-corrected chi connectivity index (χ3v) is 6.94. The molecule has 1 aliphatic heterocycles. The molecule has 5 rings (SSSR count). The molecule has 7 nitrogen and oxygen atoms in total. The predicted molar refractivity (Wildman–Crippen MR) is 116 cm³/mol. The standard InChI is InChI=1S/C23H30N6O/c1-15-9-11-28(12-10-15)21(22-25-26-27-29(22)18-5-3-4-6-18)19-14-17-8-7-16(2)13-20(17)24-23(19)30/h7-8,13-15,18,21H,3-6,9-12H2,1-2H3,(H,24,30)/t21-/m1/s1. The van der Waals surface area contributed by atoms with Gasteiger partial charge in [-0.2, -0.15) is 0 Å². The molecule has 1 aromatic carbocycles. The molecule has 2 aromatic heterocycles. The molecular weight excluding hydrogens is 376 g/mol. The lowest BCUT2D eigenvalue weighted by atomic mass is 9.95. The van der Waals surface area contributed by atoms with E-state index in [0.717, 1.165) is 66.6 Å². The summed E-state index contributed by atoms with van der Waals surface area (Å²) in [5, 5.41) is 13.9. The quantitative estimate of drug-likeness (QED) is 0.714. The largest absolute Gasteiger partial charge is 0.322 e. The molecule has 2 fully saturated rings. The van der Waals surface area contributed by atoms with Gasteiger partial charge in [-0.15, -0.1) is 5.10 Å². The number of nitrogens with zero attached hydrogens (tertiary/aromatic N) is 5. The monoisotopic (exact) mass is 406 g/mol. The van der Waals surface area contributed by atoms with Gasteiger partial charge in [-0.25, -0.2) is 4.68 Å². The second-order valence-corrected chi connectivity index (χ2v) is 9.19. The van der Waals surface area contributed by atoms with Gasteiger partial charge in [-0.3, -0.25) is 9.69 Å². The van der Waals surface area contributed by atoms with Crippen molar-refractivity contribution in [3.8, 4) is 0 Å². The van der Waals surface area contributed by atoms with Crippen LogP contribution < -0.4 is 5.56 Å². The Morgan fingerprint density at radius 3 is 2.63 bits per heavy atom. The minimum atomic E-state index is -0.220. The zero-order chi connectivity index (χ0) is 20.7. The van der Waals surface area contributed by atoms with Crippen molar-refractivity contribution in [2.45, 2.75) is 64.5 Å². The minimum Gasteiger partial charge on any atom is -0.322 e. The molecule has 7 heteroatoms. The summed E-state index contributed by atoms with van der Waals surface area (Å²) in [7, 11) is 0. The van der Waals surface area contributed by atoms with Gasteiger partial charge in [0.15, 0.2) is 5.82 Å². The van der Waals surface area contributed by atoms with Crippen molar-refractivity contribution in [2.75, 3.05) is 13.1 Å². The van der Waals surface area contributed by atoms with Crippen molar-refractivity contribution in [1.29, 1.82) is 0 Å². The number of aromatic amines is 1. The van der Waals surface area contributed by atoms with Crippen molar-refractivity contribution in [3.05, 3.63) is 51.6 Å². The molecule has 3 aromatic rings. The van der Waals surface area contributed by atoms with Crippen LogP contribution in [0.3, 0.4) is 0 Å². The Morgan fingerprint density at radius 2 is 1.87 bits per heavy atom. The number of benzene rings is 1. The number of aromatic nitrogens is 5. The first kappa shape index (κ1) is 19.4. The van der Waals surface area contributed by atoms with Crippen LogP contribution in [0.2, 0.25) is 0 Å². The van der Waals surface area contributed by atoms with Crippen LogP contribution in [-0.2, 0) is 0 Å². The second kappa shape index (κ2) is 7.95. The van der Waals surface area contributed by atoms with E-state index in [9.17, 15) is 4.79 Å². The number of likely N-dealkylation sites (tertiary alicyclic amines) is 1. The lowest BCUT2D eigenvalue weighted by molar-refractivity contribution is 0.147. The molecule has 1 N–H and O–H groups in total. The van der Waals surface area contributed by atoms with Crippen LogP contribution in [0.4, 0.5) is 0 Å². The van der Waals surface area contributed by atoms with E-state index < -0.39 is 0 Å². The van der Waals surface area contributed by atoms with E-state index in [2.05, 4.69) is 44.5 Å². The van der Waals surface area contributed by atoms with Crippen LogP contribution in [0, 0.1) is 12.8 Å². The van der Waals surface area contributed by atoms with Crippen LogP contribution in [0.15, 0.2) is 29.1 Å². The Morgan fingerprint density at radius 1 is 1.10 bits per heavy atom. The fourth-order valence-corrected chi connectivity index (χ4v) is 5.11. The zero-order valence-electron chi connectivity index (χ0n) is 17.8. The number of tetrazole rings is 1. The molecule has 1 saturated heterocycles. The van der Waals surface area contributed by atoms with Gasteiger partial charge in [-0.05, 0) is 85.1 Å². The van der Waals surface area contributed by atoms with Gasteiger partial charge in [0.1, 0.15) is 6.04 Å². The van der Waals surface area contributed by atoms with Crippen LogP contribution in [0.5, 0.6) is 0 Å². The van der Waals surface area contributed by atoms with Crippen LogP contribution in [0.25, 0.3) is 10.9 Å². The number of piperidine rings is 1. The molecule has 0 radical (unpaired) electrons. The number of nitrogens with one attached hydrogen (secondary N) is 1. The lowest BCUT2D eigenvalue weighted by Gasteiger charge is -2.36. The van der Waals surface area contributed by atoms with Crippen molar-refractivity contribution >= 4 is 10.9 Å². The second-order valence-electron chi connectivity index (χ2n) is 9.19. The fraction of sp³-hybridized carbons (Fsp3) is 0.565. The SMILES string of the molecule is Cc1ccc2cc([C@H](c3nnnn3C3CCCC3)N3CCC(C)CC3)c(=O)[nH]c2c1. The molecule has 2 aliphatic rings. The van der Waals surface area contributed by atoms with Gasteiger partial charge >= 0.3 is 0 Å². The summed E-state index contributed by atoms with van der Waals surface area (Å²) < 4.78 is 2.01. The summed E-state index contributed by atoms with van der Waals surface area (Å²) in [6.45, 7) is 6.25. The van der Waals surface area contributed by atoms with Gasteiger partial charge < -0.3 is 4.98 Å². The smallest absolute Gasteiger partial charge is 0.253 e. The first-order valence-corrected chi connectivity index (χ1v) is 11.3. The third-order valence-electron chi connectivity index (χ3n) is 6.94. The summed E-state index contributed by atoms with van der Waals surface area (Å²) in [5.74, 6) is 1.53. The zero-order valence-corrected chi connectivity index (χ0v) is 17.8. The highest BCUT2D eigenvalue weighted by Crippen LogP contribution is 2.35. The summed E-state index contributed by atoms with van der Waals surface area (Å²) in [6, 6.07) is 8.36. The Bertz CT molecular complexity index is 1090. The Hall–Kier alpha value is -2.54. The molecule has 1 atom stereocenters. The van der Waals surface area contributed by atoms with Crippen LogP contribution in [0.1, 0.15) is 74.5 Å². The first-order valence-electron chi connectivity index (χ1n) is 11.3. The van der Waals surface area contributed by atoms with Crippen molar-refractivity contribution in [2.24, 2.45) is 5.92 Å². The summed E-state index contributed by atoms with van der Waals surface area (Å²) in [4.78, 5) is 18.8. The molecule has 30 heavy (non-hydrogen) atoms. The number of rotatable bonds is 4. The number of H-pyrrole nitrogens is 1. The maximum absolute atomic E-state index is 13.3. The van der Waals surface area contributed by atoms with Crippen molar-refractivity contribution < 1.29 is 0 Å². The maximum Gasteiger partial charge on any atom is 0.253 e. The third kappa shape index (κ3) is 3.55. The molecular formula is C23H30N6O. The topological polar surface area (TPSA) is 79.7 Å². The highest BCUT2D eigenvalue weighted by molar-refractivity contribution is 5.79. The van der Waals surface area contributed by atoms with Gasteiger partial charge in [0.05, 0.1) is 6.04 Å². The molecule has 0 unspecified atom stereocenters. The predicted octanol–water partition coefficient (Wildman–Crippen LogP) is 3.76. The number of hydrogen-bond acceptors (Lipinski definition) is 5. The summed E-state index contributed by atoms with van der Waals surface area (Å²) >= 11 is 0. The molecule has 3 heterocycles. The number of pyridine rings is 1. The number of hydrogen-bond donors (Lipinski definition) is 1. The Balaban J connectivity index is 1.63. The van der Waals surface area contributed by atoms with Crippen molar-refractivity contribution in [3.63, 3.8) is 0 Å². The summed E-state index contributed by atoms with van der Waals surface area (Å²) in [6.07, 6.45) is 6.90. The van der Waals surface area contributed by atoms with Gasteiger partial charge in [-0.1, -0.05) is 31.9 Å². The first-order chi connectivity index (χ1) is 14.6. The average molecular weight is 407 g/mol. The van der Waals surface area contributed by atoms with E-state index in [1.54, 1.807) is 0 Å². The lowest BCUT2D eigenvalue weighted by Crippen LogP contribution is -2.40. The van der Waals surface area contributed by atoms with E-state index in [4.69, 9.17) is 0 Å². The number of fused-ring (bicyclic) bond motifs is 1. The minimum absolute atomic E-state index is 0.0438. The summed E-state index contributed by atoms with van der Waals surface area (Å²) in [5.41, 5.74) is 2.72. The maximum atomic E-state index is 13.3. The molecule has 158 valence electrons. The van der Waals surface area contributed by atoms with E-state index in [1.165, 1.54) is 12.8 Å². The van der Waals surface area contributed by atoms with Gasteiger partial charge in [0.25, 0.3) is 5.56 Å². The Kier molecular flexibility index (Phi) is 5.15. The number of aryl methyl sites for hydroxylation is 1. The van der Waals surface area contributed by atoms with Gasteiger partial charge in [0.2, 0.25) is 0 Å². The van der Waals surface area contributed by atoms with E-state index in [-0.39, 0.29) is 11.6 Å². The normalized spacial score (nSPS) is 20.2. The van der Waals surface area contributed by atoms with Crippen LogP contribution in [-0.4, -0.2) is 43.2 Å². The molecule has 1 saturated carbocycles. The molecule has 0 bridgehead atoms. The van der Waals surface area contributed by atoms with Crippen molar-refractivity contribution in [1.82, 2.24) is 30.1 Å². The van der Waals surface area contributed by atoms with E-state index in [0.29, 0.717) is 12.0 Å². The molecule has 1 aliphatic carbocycles.